The van der Waals surface area contributed by atoms with E-state index in [4.69, 9.17) is 9.57 Å². The Morgan fingerprint density at radius 3 is 2.39 bits per heavy atom. The van der Waals surface area contributed by atoms with Crippen molar-refractivity contribution >= 4 is 39.4 Å². The van der Waals surface area contributed by atoms with Crippen LogP contribution in [-0.4, -0.2) is 23.8 Å². The topological polar surface area (TPSA) is 71.4 Å². The van der Waals surface area contributed by atoms with Crippen LogP contribution in [0.3, 0.4) is 0 Å². The summed E-state index contributed by atoms with van der Waals surface area (Å²) in [5, 5.41) is 13.6. The number of carbonyl (C=O) groups excluding carboxylic acids is 1. The van der Waals surface area contributed by atoms with Crippen molar-refractivity contribution in [3.63, 3.8) is 0 Å². The SMILES string of the molecule is O=C(CON=Cc1cc(Br)ccc1O)N1c2ccccc2Oc2ccccc21. The molecule has 3 aromatic rings. The molecule has 6 nitrogen and oxygen atoms in total. The fraction of sp³-hybridized carbons (Fsp3) is 0.0476. The highest BCUT2D eigenvalue weighted by atomic mass is 79.9. The van der Waals surface area contributed by atoms with E-state index in [1.54, 1.807) is 29.2 Å². The number of ether oxygens (including phenoxy) is 1. The number of rotatable bonds is 4. The van der Waals surface area contributed by atoms with Gasteiger partial charge in [0.05, 0.1) is 17.6 Å². The molecule has 0 saturated heterocycles. The number of aromatic hydroxyl groups is 1. The van der Waals surface area contributed by atoms with Gasteiger partial charge in [-0.05, 0) is 42.5 Å². The predicted octanol–water partition coefficient (Wildman–Crippen LogP) is 4.98. The zero-order valence-electron chi connectivity index (χ0n) is 14.6. The largest absolute Gasteiger partial charge is 0.507 e. The third-order valence-electron chi connectivity index (χ3n) is 4.13. The van der Waals surface area contributed by atoms with Crippen LogP contribution < -0.4 is 9.64 Å². The first-order valence-corrected chi connectivity index (χ1v) is 9.25. The van der Waals surface area contributed by atoms with E-state index in [2.05, 4.69) is 21.1 Å². The maximum Gasteiger partial charge on any atom is 0.272 e. The van der Waals surface area contributed by atoms with Crippen LogP contribution in [-0.2, 0) is 9.63 Å². The van der Waals surface area contributed by atoms with E-state index in [1.807, 2.05) is 36.4 Å². The lowest BCUT2D eigenvalue weighted by Crippen LogP contribution is -2.31. The van der Waals surface area contributed by atoms with Crippen molar-refractivity contribution < 1.29 is 19.5 Å². The average molecular weight is 439 g/mol. The van der Waals surface area contributed by atoms with E-state index in [9.17, 15) is 9.90 Å². The molecule has 0 aliphatic carbocycles. The minimum atomic E-state index is -0.293. The van der Waals surface area contributed by atoms with Gasteiger partial charge in [0.25, 0.3) is 5.91 Å². The van der Waals surface area contributed by atoms with E-state index in [1.165, 1.54) is 12.3 Å². The summed E-state index contributed by atoms with van der Waals surface area (Å²) >= 11 is 3.33. The number of phenolic OH excluding ortho intramolecular Hbond substituents is 1. The van der Waals surface area contributed by atoms with Crippen LogP contribution in [0.4, 0.5) is 11.4 Å². The molecule has 28 heavy (non-hydrogen) atoms. The van der Waals surface area contributed by atoms with Gasteiger partial charge in [-0.1, -0.05) is 45.4 Å². The second-order valence-electron chi connectivity index (χ2n) is 5.98. The molecule has 0 unspecified atom stereocenters. The number of benzene rings is 3. The van der Waals surface area contributed by atoms with Gasteiger partial charge in [0.15, 0.2) is 18.1 Å². The summed E-state index contributed by atoms with van der Waals surface area (Å²) in [7, 11) is 0. The number of amides is 1. The second kappa shape index (κ2) is 7.74. The fourth-order valence-electron chi connectivity index (χ4n) is 2.85. The lowest BCUT2D eigenvalue weighted by Gasteiger charge is -2.30. The Balaban J connectivity index is 1.52. The smallest absolute Gasteiger partial charge is 0.272 e. The quantitative estimate of drug-likeness (QED) is 0.460. The highest BCUT2D eigenvalue weighted by Crippen LogP contribution is 2.46. The molecule has 0 saturated carbocycles. The van der Waals surface area contributed by atoms with E-state index >= 15 is 0 Å². The number of halogens is 1. The van der Waals surface area contributed by atoms with Crippen molar-refractivity contribution in [3.05, 3.63) is 76.8 Å². The Bertz CT molecular complexity index is 1020. The summed E-state index contributed by atoms with van der Waals surface area (Å²) in [6.45, 7) is -0.270. The van der Waals surface area contributed by atoms with E-state index in [0.717, 1.165) is 4.47 Å². The molecule has 0 spiro atoms. The third-order valence-corrected chi connectivity index (χ3v) is 4.62. The van der Waals surface area contributed by atoms with Gasteiger partial charge in [-0.15, -0.1) is 0 Å². The van der Waals surface area contributed by atoms with Crippen LogP contribution in [0.25, 0.3) is 0 Å². The van der Waals surface area contributed by atoms with Crippen molar-refractivity contribution in [1.82, 2.24) is 0 Å². The number of oxime groups is 1. The first-order valence-electron chi connectivity index (χ1n) is 8.46. The highest BCUT2D eigenvalue weighted by Gasteiger charge is 2.28. The number of hydrogen-bond acceptors (Lipinski definition) is 5. The van der Waals surface area contributed by atoms with Crippen molar-refractivity contribution in [2.45, 2.75) is 0 Å². The number of phenols is 1. The van der Waals surface area contributed by atoms with Gasteiger partial charge in [0.2, 0.25) is 0 Å². The minimum absolute atomic E-state index is 0.0675. The Labute approximate surface area is 169 Å². The van der Waals surface area contributed by atoms with Crippen molar-refractivity contribution in [2.24, 2.45) is 5.16 Å². The molecule has 1 aliphatic rings. The number of para-hydroxylation sites is 4. The second-order valence-corrected chi connectivity index (χ2v) is 6.89. The molecule has 0 radical (unpaired) electrons. The van der Waals surface area contributed by atoms with E-state index in [-0.39, 0.29) is 18.3 Å². The molecule has 1 heterocycles. The molecule has 1 amide bonds. The monoisotopic (exact) mass is 438 g/mol. The third kappa shape index (κ3) is 3.57. The van der Waals surface area contributed by atoms with Gasteiger partial charge < -0.3 is 14.7 Å². The molecular weight excluding hydrogens is 424 g/mol. The normalized spacial score (nSPS) is 12.2. The predicted molar refractivity (Wildman–Crippen MR) is 109 cm³/mol. The number of nitrogens with zero attached hydrogens (tertiary/aromatic N) is 2. The molecule has 7 heteroatoms. The maximum absolute atomic E-state index is 12.9. The van der Waals surface area contributed by atoms with E-state index < -0.39 is 0 Å². The van der Waals surface area contributed by atoms with Crippen molar-refractivity contribution in [1.29, 1.82) is 0 Å². The molecule has 4 rings (SSSR count). The lowest BCUT2D eigenvalue weighted by molar-refractivity contribution is -0.122. The van der Waals surface area contributed by atoms with Crippen LogP contribution in [0.5, 0.6) is 17.2 Å². The Hall–Kier alpha value is -3.32. The van der Waals surface area contributed by atoms with Crippen molar-refractivity contribution in [2.75, 3.05) is 11.5 Å². The number of fused-ring (bicyclic) bond motifs is 2. The Kier molecular flexibility index (Phi) is 4.99. The maximum atomic E-state index is 12.9. The molecule has 1 N–H and O–H groups in total. The zero-order valence-corrected chi connectivity index (χ0v) is 16.2. The summed E-state index contributed by atoms with van der Waals surface area (Å²) in [5.74, 6) is 0.964. The van der Waals surface area contributed by atoms with Crippen LogP contribution in [0.15, 0.2) is 76.4 Å². The van der Waals surface area contributed by atoms with E-state index in [0.29, 0.717) is 28.4 Å². The molecule has 0 fully saturated rings. The molecule has 0 atom stereocenters. The first kappa shape index (κ1) is 18.1. The summed E-state index contributed by atoms with van der Waals surface area (Å²) in [6, 6.07) is 19.6. The molecule has 0 aromatic heterocycles. The van der Waals surface area contributed by atoms with Crippen LogP contribution in [0.2, 0.25) is 0 Å². The number of hydrogen-bond donors (Lipinski definition) is 1. The van der Waals surface area contributed by atoms with Gasteiger partial charge in [-0.2, -0.15) is 0 Å². The number of carbonyl (C=O) groups is 1. The van der Waals surface area contributed by atoms with Gasteiger partial charge >= 0.3 is 0 Å². The first-order chi connectivity index (χ1) is 13.6. The van der Waals surface area contributed by atoms with Gasteiger partial charge in [-0.3, -0.25) is 9.69 Å². The van der Waals surface area contributed by atoms with Crippen LogP contribution >= 0.6 is 15.9 Å². The average Bonchev–Trinajstić information content (AvgIpc) is 2.71. The molecular formula is C21H15BrN2O4. The number of anilines is 2. The summed E-state index contributed by atoms with van der Waals surface area (Å²) in [5.41, 5.74) is 1.76. The molecule has 0 bridgehead atoms. The highest BCUT2D eigenvalue weighted by molar-refractivity contribution is 9.10. The standard InChI is InChI=1S/C21H15BrN2O4/c22-15-9-10-18(25)14(11-15)12-23-27-13-21(26)24-16-5-1-3-7-19(16)28-20-8-4-2-6-17(20)24/h1-12,25H,13H2. The van der Waals surface area contributed by atoms with Gasteiger partial charge in [-0.25, -0.2) is 0 Å². The molecule has 3 aromatic carbocycles. The summed E-state index contributed by atoms with van der Waals surface area (Å²) in [6.07, 6.45) is 1.36. The molecule has 1 aliphatic heterocycles. The minimum Gasteiger partial charge on any atom is -0.507 e. The van der Waals surface area contributed by atoms with Crippen molar-refractivity contribution in [3.8, 4) is 17.2 Å². The Morgan fingerprint density at radius 2 is 1.71 bits per heavy atom. The van der Waals surface area contributed by atoms with Crippen LogP contribution in [0, 0.1) is 0 Å². The zero-order chi connectivity index (χ0) is 19.5. The van der Waals surface area contributed by atoms with Gasteiger partial charge in [0, 0.05) is 10.0 Å². The summed E-state index contributed by atoms with van der Waals surface area (Å²) in [4.78, 5) is 19.6. The van der Waals surface area contributed by atoms with Crippen LogP contribution in [0.1, 0.15) is 5.56 Å². The van der Waals surface area contributed by atoms with Gasteiger partial charge in [0.1, 0.15) is 5.75 Å². The Morgan fingerprint density at radius 1 is 1.07 bits per heavy atom. The fourth-order valence-corrected chi connectivity index (χ4v) is 3.23. The molecule has 140 valence electrons. The lowest BCUT2D eigenvalue weighted by atomic mass is 10.1. The summed E-state index contributed by atoms with van der Waals surface area (Å²) < 4.78 is 6.66.